The normalized spacial score (nSPS) is 22.7. The van der Waals surface area contributed by atoms with E-state index in [9.17, 15) is 0 Å². The van der Waals surface area contributed by atoms with Gasteiger partial charge in [0.05, 0.1) is 0 Å². The Bertz CT molecular complexity index is 504. The molecule has 0 saturated carbocycles. The molecule has 18 heavy (non-hydrogen) atoms. The monoisotopic (exact) mass is 257 g/mol. The van der Waals surface area contributed by atoms with E-state index in [0.29, 0.717) is 5.92 Å². The molecule has 1 aliphatic rings. The quantitative estimate of drug-likeness (QED) is 0.885. The van der Waals surface area contributed by atoms with E-state index < -0.39 is 0 Å². The zero-order valence-electron chi connectivity index (χ0n) is 10.5. The average molecular weight is 257 g/mol. The van der Waals surface area contributed by atoms with Gasteiger partial charge in [0.15, 0.2) is 0 Å². The largest absolute Gasteiger partial charge is 0.324 e. The summed E-state index contributed by atoms with van der Waals surface area (Å²) in [6.45, 7) is 0. The topological polar surface area (TPSA) is 26.0 Å². The smallest absolute Gasteiger partial charge is 0.0326 e. The van der Waals surface area contributed by atoms with E-state index in [1.54, 1.807) is 11.3 Å². The van der Waals surface area contributed by atoms with Gasteiger partial charge in [-0.05, 0) is 65.1 Å². The third-order valence-electron chi connectivity index (χ3n) is 4.09. The van der Waals surface area contributed by atoms with Crippen LogP contribution in [0.5, 0.6) is 0 Å². The van der Waals surface area contributed by atoms with Crippen molar-refractivity contribution in [3.05, 3.63) is 57.8 Å². The predicted octanol–water partition coefficient (Wildman–Crippen LogP) is 3.94. The van der Waals surface area contributed by atoms with Crippen molar-refractivity contribution >= 4 is 11.3 Å². The number of thiophene rings is 1. The highest BCUT2D eigenvalue weighted by molar-refractivity contribution is 7.07. The number of hydrogen-bond donors (Lipinski definition) is 1. The average Bonchev–Trinajstić information content (AvgIpc) is 2.91. The number of nitrogens with two attached hydrogens (primary N) is 1. The lowest BCUT2D eigenvalue weighted by molar-refractivity contribution is 0.355. The van der Waals surface area contributed by atoms with Crippen LogP contribution >= 0.6 is 11.3 Å². The second-order valence-corrected chi connectivity index (χ2v) is 5.97. The molecule has 2 heteroatoms. The second-order valence-electron chi connectivity index (χ2n) is 5.19. The van der Waals surface area contributed by atoms with Gasteiger partial charge < -0.3 is 5.73 Å². The molecule has 2 aromatic rings. The Labute approximate surface area is 113 Å². The van der Waals surface area contributed by atoms with Crippen molar-refractivity contribution in [2.75, 3.05) is 0 Å². The van der Waals surface area contributed by atoms with Crippen LogP contribution in [-0.4, -0.2) is 0 Å². The third-order valence-corrected chi connectivity index (χ3v) is 4.82. The van der Waals surface area contributed by atoms with Crippen LogP contribution in [0.2, 0.25) is 0 Å². The van der Waals surface area contributed by atoms with Crippen LogP contribution in [0, 0.1) is 5.92 Å². The SMILES string of the molecule is NC1c2ccccc2CCC1CCc1ccsc1. The Hall–Kier alpha value is -1.12. The Kier molecular flexibility index (Phi) is 3.48. The summed E-state index contributed by atoms with van der Waals surface area (Å²) >= 11 is 1.78. The molecule has 0 amide bonds. The highest BCUT2D eigenvalue weighted by Gasteiger charge is 2.25. The maximum atomic E-state index is 6.43. The lowest BCUT2D eigenvalue weighted by atomic mass is 9.78. The van der Waals surface area contributed by atoms with Gasteiger partial charge in [0.25, 0.3) is 0 Å². The van der Waals surface area contributed by atoms with Gasteiger partial charge in [-0.1, -0.05) is 24.3 Å². The molecule has 2 atom stereocenters. The Morgan fingerprint density at radius 3 is 2.94 bits per heavy atom. The molecule has 1 nitrogen and oxygen atoms in total. The molecule has 94 valence electrons. The van der Waals surface area contributed by atoms with Crippen LogP contribution in [0.25, 0.3) is 0 Å². The first-order valence-electron chi connectivity index (χ1n) is 6.69. The van der Waals surface area contributed by atoms with Gasteiger partial charge >= 0.3 is 0 Å². The van der Waals surface area contributed by atoms with Crippen LogP contribution in [-0.2, 0) is 12.8 Å². The summed E-state index contributed by atoms with van der Waals surface area (Å²) in [5.41, 5.74) is 10.7. The Morgan fingerprint density at radius 1 is 1.22 bits per heavy atom. The summed E-state index contributed by atoms with van der Waals surface area (Å²) in [5, 5.41) is 4.41. The molecule has 2 unspecified atom stereocenters. The molecule has 1 aromatic heterocycles. The molecule has 0 saturated heterocycles. The minimum absolute atomic E-state index is 0.230. The van der Waals surface area contributed by atoms with Crippen molar-refractivity contribution in [2.24, 2.45) is 11.7 Å². The summed E-state index contributed by atoms with van der Waals surface area (Å²) in [6, 6.07) is 11.1. The lowest BCUT2D eigenvalue weighted by Gasteiger charge is -2.31. The summed E-state index contributed by atoms with van der Waals surface area (Å²) in [6.07, 6.45) is 4.82. The second kappa shape index (κ2) is 5.25. The molecule has 0 fully saturated rings. The molecule has 1 aliphatic carbocycles. The molecular weight excluding hydrogens is 238 g/mol. The highest BCUT2D eigenvalue weighted by atomic mass is 32.1. The van der Waals surface area contributed by atoms with Crippen LogP contribution in [0.3, 0.4) is 0 Å². The number of rotatable bonds is 3. The minimum atomic E-state index is 0.230. The van der Waals surface area contributed by atoms with E-state index in [1.807, 2.05) is 0 Å². The van der Waals surface area contributed by atoms with E-state index in [-0.39, 0.29) is 6.04 Å². The lowest BCUT2D eigenvalue weighted by Crippen LogP contribution is -2.27. The van der Waals surface area contributed by atoms with Crippen LogP contribution in [0.1, 0.15) is 35.6 Å². The van der Waals surface area contributed by atoms with Crippen molar-refractivity contribution in [1.29, 1.82) is 0 Å². The highest BCUT2D eigenvalue weighted by Crippen LogP contribution is 2.35. The maximum absolute atomic E-state index is 6.43. The van der Waals surface area contributed by atoms with Crippen molar-refractivity contribution in [3.63, 3.8) is 0 Å². The standard InChI is InChI=1S/C16H19NS/c17-16-14(6-5-12-9-10-18-11-12)8-7-13-3-1-2-4-15(13)16/h1-4,9-11,14,16H,5-8,17H2. The fourth-order valence-electron chi connectivity index (χ4n) is 2.97. The minimum Gasteiger partial charge on any atom is -0.324 e. The fourth-order valence-corrected chi connectivity index (χ4v) is 3.68. The van der Waals surface area contributed by atoms with Crippen LogP contribution in [0.4, 0.5) is 0 Å². The van der Waals surface area contributed by atoms with Crippen LogP contribution in [0.15, 0.2) is 41.1 Å². The van der Waals surface area contributed by atoms with Crippen molar-refractivity contribution in [2.45, 2.75) is 31.7 Å². The van der Waals surface area contributed by atoms with Gasteiger partial charge in [-0.25, -0.2) is 0 Å². The van der Waals surface area contributed by atoms with Crippen molar-refractivity contribution in [1.82, 2.24) is 0 Å². The number of benzene rings is 1. The van der Waals surface area contributed by atoms with E-state index in [0.717, 1.165) is 0 Å². The van der Waals surface area contributed by atoms with E-state index in [2.05, 4.69) is 41.1 Å². The molecule has 3 rings (SSSR count). The summed E-state index contributed by atoms with van der Waals surface area (Å²) < 4.78 is 0. The van der Waals surface area contributed by atoms with Gasteiger partial charge in [0.2, 0.25) is 0 Å². The van der Waals surface area contributed by atoms with E-state index in [4.69, 9.17) is 5.73 Å². The first kappa shape index (κ1) is 11.9. The first-order chi connectivity index (χ1) is 8.84. The van der Waals surface area contributed by atoms with Gasteiger partial charge in [-0.15, -0.1) is 0 Å². The predicted molar refractivity (Wildman–Crippen MR) is 77.8 cm³/mol. The van der Waals surface area contributed by atoms with Crippen LogP contribution < -0.4 is 5.73 Å². The zero-order valence-corrected chi connectivity index (χ0v) is 11.3. The first-order valence-corrected chi connectivity index (χ1v) is 7.63. The fraction of sp³-hybridized carbons (Fsp3) is 0.375. The Morgan fingerprint density at radius 2 is 2.11 bits per heavy atom. The summed E-state index contributed by atoms with van der Waals surface area (Å²) in [4.78, 5) is 0. The van der Waals surface area contributed by atoms with Gasteiger partial charge in [-0.2, -0.15) is 11.3 Å². The molecule has 1 heterocycles. The number of fused-ring (bicyclic) bond motifs is 1. The third kappa shape index (κ3) is 2.36. The van der Waals surface area contributed by atoms with Crippen molar-refractivity contribution < 1.29 is 0 Å². The summed E-state index contributed by atoms with van der Waals surface area (Å²) in [7, 11) is 0. The number of aryl methyl sites for hydroxylation is 2. The van der Waals surface area contributed by atoms with Gasteiger partial charge in [-0.3, -0.25) is 0 Å². The van der Waals surface area contributed by atoms with Crippen molar-refractivity contribution in [3.8, 4) is 0 Å². The van der Waals surface area contributed by atoms with Gasteiger partial charge in [0.1, 0.15) is 0 Å². The van der Waals surface area contributed by atoms with E-state index in [1.165, 1.54) is 42.4 Å². The van der Waals surface area contributed by atoms with Gasteiger partial charge in [0, 0.05) is 6.04 Å². The molecule has 0 radical (unpaired) electrons. The zero-order chi connectivity index (χ0) is 12.4. The maximum Gasteiger partial charge on any atom is 0.0326 e. The number of hydrogen-bond acceptors (Lipinski definition) is 2. The molecular formula is C16H19NS. The molecule has 2 N–H and O–H groups in total. The molecule has 0 aliphatic heterocycles. The van der Waals surface area contributed by atoms with E-state index >= 15 is 0 Å². The molecule has 1 aromatic carbocycles. The Balaban J connectivity index is 1.69. The summed E-state index contributed by atoms with van der Waals surface area (Å²) in [5.74, 6) is 0.639. The molecule has 0 spiro atoms. The molecule has 0 bridgehead atoms.